The van der Waals surface area contributed by atoms with Crippen molar-refractivity contribution < 1.29 is 9.84 Å². The normalized spacial score (nSPS) is 23.0. The summed E-state index contributed by atoms with van der Waals surface area (Å²) in [6, 6.07) is 8.24. The molecular formula is C18H29NO2. The van der Waals surface area contributed by atoms with Gasteiger partial charge >= 0.3 is 0 Å². The number of rotatable bonds is 6. The van der Waals surface area contributed by atoms with Crippen LogP contribution in [0, 0.1) is 5.92 Å². The Labute approximate surface area is 128 Å². The molecule has 3 nitrogen and oxygen atoms in total. The van der Waals surface area contributed by atoms with Crippen molar-refractivity contribution in [3.05, 3.63) is 29.8 Å². The zero-order valence-electron chi connectivity index (χ0n) is 13.3. The lowest BCUT2D eigenvalue weighted by Crippen LogP contribution is -2.30. The fourth-order valence-corrected chi connectivity index (χ4v) is 2.76. The van der Waals surface area contributed by atoms with Gasteiger partial charge in [0.1, 0.15) is 11.9 Å². The number of aliphatic hydroxyl groups is 1. The first-order valence-corrected chi connectivity index (χ1v) is 8.29. The minimum Gasteiger partial charge on any atom is -0.488 e. The van der Waals surface area contributed by atoms with Crippen LogP contribution < -0.4 is 10.1 Å². The third-order valence-electron chi connectivity index (χ3n) is 4.01. The first kappa shape index (κ1) is 16.3. The summed E-state index contributed by atoms with van der Waals surface area (Å²) in [6.45, 7) is 6.35. The zero-order chi connectivity index (χ0) is 15.1. The van der Waals surface area contributed by atoms with Crippen molar-refractivity contribution >= 4 is 0 Å². The standard InChI is InChI=1S/C18H29NO2/c1-14(2)12-19-13-15-8-10-16(11-9-15)21-18-7-5-3-4-6-17(18)20/h8-11,14,17-20H,3-7,12-13H2,1-2H3. The highest BCUT2D eigenvalue weighted by molar-refractivity contribution is 5.27. The molecular weight excluding hydrogens is 262 g/mol. The largest absolute Gasteiger partial charge is 0.488 e. The molecule has 0 aliphatic heterocycles. The first-order valence-electron chi connectivity index (χ1n) is 8.29. The summed E-state index contributed by atoms with van der Waals surface area (Å²) in [5, 5.41) is 13.5. The van der Waals surface area contributed by atoms with Gasteiger partial charge in [0, 0.05) is 6.54 Å². The molecule has 0 amide bonds. The molecule has 21 heavy (non-hydrogen) atoms. The molecule has 0 aromatic heterocycles. The Bertz CT molecular complexity index is 402. The van der Waals surface area contributed by atoms with Crippen LogP contribution in [0.25, 0.3) is 0 Å². The minimum absolute atomic E-state index is 0.0441. The molecule has 1 saturated carbocycles. The topological polar surface area (TPSA) is 41.5 Å². The van der Waals surface area contributed by atoms with E-state index in [0.717, 1.165) is 44.5 Å². The van der Waals surface area contributed by atoms with Gasteiger partial charge in [-0.3, -0.25) is 0 Å². The molecule has 0 spiro atoms. The fraction of sp³-hybridized carbons (Fsp3) is 0.667. The van der Waals surface area contributed by atoms with Crippen molar-refractivity contribution in [2.75, 3.05) is 6.54 Å². The van der Waals surface area contributed by atoms with Gasteiger partial charge < -0.3 is 15.2 Å². The highest BCUT2D eigenvalue weighted by Gasteiger charge is 2.23. The van der Waals surface area contributed by atoms with E-state index in [2.05, 4.69) is 31.3 Å². The monoisotopic (exact) mass is 291 g/mol. The lowest BCUT2D eigenvalue weighted by Gasteiger charge is -2.22. The van der Waals surface area contributed by atoms with Crippen molar-refractivity contribution in [1.29, 1.82) is 0 Å². The quantitative estimate of drug-likeness (QED) is 0.788. The minimum atomic E-state index is -0.320. The molecule has 0 saturated heterocycles. The molecule has 2 unspecified atom stereocenters. The maximum Gasteiger partial charge on any atom is 0.124 e. The van der Waals surface area contributed by atoms with Crippen molar-refractivity contribution in [1.82, 2.24) is 5.32 Å². The molecule has 2 N–H and O–H groups in total. The van der Waals surface area contributed by atoms with Crippen LogP contribution in [0.4, 0.5) is 0 Å². The van der Waals surface area contributed by atoms with Crippen LogP contribution >= 0.6 is 0 Å². The van der Waals surface area contributed by atoms with Gasteiger partial charge in [-0.1, -0.05) is 38.8 Å². The molecule has 2 rings (SSSR count). The Kier molecular flexibility index (Phi) is 6.52. The van der Waals surface area contributed by atoms with Crippen LogP contribution in [0.3, 0.4) is 0 Å². The third-order valence-corrected chi connectivity index (χ3v) is 4.01. The molecule has 1 aromatic carbocycles. The third kappa shape index (κ3) is 5.68. The molecule has 0 heterocycles. The zero-order valence-corrected chi connectivity index (χ0v) is 13.3. The van der Waals surface area contributed by atoms with E-state index in [9.17, 15) is 5.11 Å². The van der Waals surface area contributed by atoms with Gasteiger partial charge in [0.2, 0.25) is 0 Å². The van der Waals surface area contributed by atoms with E-state index in [0.29, 0.717) is 5.92 Å². The van der Waals surface area contributed by atoms with Crippen LogP contribution in [0.15, 0.2) is 24.3 Å². The average molecular weight is 291 g/mol. The Morgan fingerprint density at radius 1 is 1.14 bits per heavy atom. The SMILES string of the molecule is CC(C)CNCc1ccc(OC2CCCCCC2O)cc1. The Morgan fingerprint density at radius 3 is 2.57 bits per heavy atom. The van der Waals surface area contributed by atoms with Gasteiger partial charge in [-0.2, -0.15) is 0 Å². The fourth-order valence-electron chi connectivity index (χ4n) is 2.76. The summed E-state index contributed by atoms with van der Waals surface area (Å²) in [5.41, 5.74) is 1.27. The van der Waals surface area contributed by atoms with Gasteiger partial charge in [-0.05, 0) is 49.4 Å². The predicted octanol–water partition coefficient (Wildman–Crippen LogP) is 3.50. The second kappa shape index (κ2) is 8.40. The molecule has 1 aliphatic rings. The van der Waals surface area contributed by atoms with E-state index in [1.54, 1.807) is 0 Å². The molecule has 3 heteroatoms. The number of nitrogens with one attached hydrogen (secondary N) is 1. The van der Waals surface area contributed by atoms with Crippen LogP contribution in [-0.4, -0.2) is 23.9 Å². The second-order valence-corrected chi connectivity index (χ2v) is 6.53. The van der Waals surface area contributed by atoms with E-state index in [-0.39, 0.29) is 12.2 Å². The molecule has 0 bridgehead atoms. The maximum atomic E-state index is 10.1. The van der Waals surface area contributed by atoms with Gasteiger partial charge in [-0.25, -0.2) is 0 Å². The van der Waals surface area contributed by atoms with E-state index < -0.39 is 0 Å². The van der Waals surface area contributed by atoms with Crippen molar-refractivity contribution in [3.63, 3.8) is 0 Å². The van der Waals surface area contributed by atoms with E-state index in [4.69, 9.17) is 4.74 Å². The van der Waals surface area contributed by atoms with Gasteiger partial charge in [0.15, 0.2) is 0 Å². The van der Waals surface area contributed by atoms with E-state index >= 15 is 0 Å². The summed E-state index contributed by atoms with van der Waals surface area (Å²) < 4.78 is 5.97. The summed E-state index contributed by atoms with van der Waals surface area (Å²) in [5.74, 6) is 1.54. The molecule has 118 valence electrons. The second-order valence-electron chi connectivity index (χ2n) is 6.53. The van der Waals surface area contributed by atoms with Crippen molar-refractivity contribution in [3.8, 4) is 5.75 Å². The summed E-state index contributed by atoms with van der Waals surface area (Å²) in [7, 11) is 0. The van der Waals surface area contributed by atoms with Crippen LogP contribution in [0.1, 0.15) is 51.5 Å². The van der Waals surface area contributed by atoms with Crippen molar-refractivity contribution in [2.24, 2.45) is 5.92 Å². The Balaban J connectivity index is 1.83. The lowest BCUT2D eigenvalue weighted by atomic mass is 10.1. The maximum absolute atomic E-state index is 10.1. The smallest absolute Gasteiger partial charge is 0.124 e. The summed E-state index contributed by atoms with van der Waals surface area (Å²) in [6.07, 6.45) is 4.93. The average Bonchev–Trinajstić information content (AvgIpc) is 2.66. The molecule has 1 fully saturated rings. The van der Waals surface area contributed by atoms with Crippen LogP contribution in [0.5, 0.6) is 5.75 Å². The lowest BCUT2D eigenvalue weighted by molar-refractivity contribution is 0.0320. The predicted molar refractivity (Wildman–Crippen MR) is 86.5 cm³/mol. The Morgan fingerprint density at radius 2 is 1.86 bits per heavy atom. The number of ether oxygens (including phenoxy) is 1. The van der Waals surface area contributed by atoms with Gasteiger partial charge in [0.25, 0.3) is 0 Å². The van der Waals surface area contributed by atoms with Gasteiger partial charge in [0.05, 0.1) is 6.10 Å². The number of hydrogen-bond donors (Lipinski definition) is 2. The first-order chi connectivity index (χ1) is 10.1. The summed E-state index contributed by atoms with van der Waals surface area (Å²) >= 11 is 0. The number of hydrogen-bond acceptors (Lipinski definition) is 3. The molecule has 2 atom stereocenters. The van der Waals surface area contributed by atoms with Crippen molar-refractivity contribution in [2.45, 2.75) is 64.7 Å². The number of benzene rings is 1. The highest BCUT2D eigenvalue weighted by atomic mass is 16.5. The Hall–Kier alpha value is -1.06. The van der Waals surface area contributed by atoms with E-state index in [1.165, 1.54) is 12.0 Å². The molecule has 0 radical (unpaired) electrons. The van der Waals surface area contributed by atoms with Gasteiger partial charge in [-0.15, -0.1) is 0 Å². The molecule has 1 aromatic rings. The van der Waals surface area contributed by atoms with Crippen LogP contribution in [0.2, 0.25) is 0 Å². The summed E-state index contributed by atoms with van der Waals surface area (Å²) in [4.78, 5) is 0. The number of aliphatic hydroxyl groups excluding tert-OH is 1. The molecule has 1 aliphatic carbocycles. The highest BCUT2D eigenvalue weighted by Crippen LogP contribution is 2.23. The van der Waals surface area contributed by atoms with Crippen LogP contribution in [-0.2, 0) is 6.54 Å². The van der Waals surface area contributed by atoms with E-state index in [1.807, 2.05) is 12.1 Å².